The Bertz CT molecular complexity index is 1250. The number of benzene rings is 1. The van der Waals surface area contributed by atoms with E-state index in [2.05, 4.69) is 15.9 Å². The summed E-state index contributed by atoms with van der Waals surface area (Å²) in [4.78, 5) is 26.0. The molecule has 0 spiro atoms. The van der Waals surface area contributed by atoms with Crippen LogP contribution in [-0.2, 0) is 4.79 Å². The van der Waals surface area contributed by atoms with Crippen molar-refractivity contribution in [2.75, 3.05) is 0 Å². The predicted molar refractivity (Wildman–Crippen MR) is 113 cm³/mol. The molecule has 1 aromatic carbocycles. The first-order chi connectivity index (χ1) is 13.2. The lowest BCUT2D eigenvalue weighted by Gasteiger charge is -2.15. The van der Waals surface area contributed by atoms with Gasteiger partial charge in [0.1, 0.15) is 22.1 Å². The summed E-state index contributed by atoms with van der Waals surface area (Å²) < 4.78 is 8.19. The van der Waals surface area contributed by atoms with E-state index >= 15 is 0 Å². The molecule has 3 aromatic rings. The normalized spacial score (nSPS) is 13.3. The third-order valence-electron chi connectivity index (χ3n) is 3.94. The number of carbonyl (C=O) groups is 1. The topological polar surface area (TPSA) is 76.0 Å². The van der Waals surface area contributed by atoms with Gasteiger partial charge in [-0.3, -0.25) is 14.2 Å². The minimum Gasteiger partial charge on any atom is -0.465 e. The van der Waals surface area contributed by atoms with Crippen LogP contribution in [0.5, 0.6) is 0 Å². The lowest BCUT2D eigenvalue weighted by molar-refractivity contribution is -0.120. The van der Waals surface area contributed by atoms with Gasteiger partial charge in [-0.25, -0.2) is 0 Å². The van der Waals surface area contributed by atoms with E-state index in [4.69, 9.17) is 4.42 Å². The fraction of sp³-hybridized carbons (Fsp3) is 0.190. The second-order valence-corrected chi connectivity index (χ2v) is 9.06. The van der Waals surface area contributed by atoms with Crippen molar-refractivity contribution in [1.29, 1.82) is 5.26 Å². The molecule has 0 amide bonds. The Morgan fingerprint density at radius 1 is 1.29 bits per heavy atom. The largest absolute Gasteiger partial charge is 0.465 e. The van der Waals surface area contributed by atoms with Gasteiger partial charge in [-0.05, 0) is 30.3 Å². The molecule has 0 N–H and O–H groups in total. The van der Waals surface area contributed by atoms with Gasteiger partial charge in [-0.2, -0.15) is 5.26 Å². The molecule has 2 aromatic heterocycles. The van der Waals surface area contributed by atoms with Crippen molar-refractivity contribution in [3.8, 4) is 11.8 Å². The van der Waals surface area contributed by atoms with E-state index < -0.39 is 5.41 Å². The van der Waals surface area contributed by atoms with Crippen LogP contribution in [0.4, 0.5) is 0 Å². The average Bonchev–Trinajstić information content (AvgIpc) is 3.24. The summed E-state index contributed by atoms with van der Waals surface area (Å²) >= 11 is 4.51. The molecule has 0 atom stereocenters. The van der Waals surface area contributed by atoms with E-state index in [0.717, 1.165) is 15.8 Å². The highest BCUT2D eigenvalue weighted by atomic mass is 79.9. The van der Waals surface area contributed by atoms with Crippen molar-refractivity contribution < 1.29 is 9.21 Å². The van der Waals surface area contributed by atoms with Crippen LogP contribution >= 0.6 is 27.3 Å². The van der Waals surface area contributed by atoms with Crippen LogP contribution in [0.1, 0.15) is 26.5 Å². The summed E-state index contributed by atoms with van der Waals surface area (Å²) in [6.07, 6.45) is 3.13. The van der Waals surface area contributed by atoms with Crippen molar-refractivity contribution in [2.45, 2.75) is 20.8 Å². The maximum atomic E-state index is 13.2. The molecule has 0 saturated carbocycles. The van der Waals surface area contributed by atoms with E-state index in [1.54, 1.807) is 57.2 Å². The number of nitrogens with zero attached hydrogens (tertiary/aromatic N) is 2. The minimum atomic E-state index is -0.752. The Labute approximate surface area is 174 Å². The van der Waals surface area contributed by atoms with Crippen molar-refractivity contribution in [3.63, 3.8) is 0 Å². The van der Waals surface area contributed by atoms with Crippen LogP contribution in [0.15, 0.2) is 56.3 Å². The van der Waals surface area contributed by atoms with Gasteiger partial charge in [0.05, 0.1) is 16.5 Å². The molecule has 0 unspecified atom stereocenters. The maximum absolute atomic E-state index is 13.2. The number of Topliss-reactive ketones (excluding diaryl/α,β-unsaturated/α-hetero) is 1. The summed E-state index contributed by atoms with van der Waals surface area (Å²) in [6, 6.07) is 12.6. The van der Waals surface area contributed by atoms with Gasteiger partial charge in [0.2, 0.25) is 0 Å². The zero-order valence-corrected chi connectivity index (χ0v) is 17.9. The Morgan fingerprint density at radius 2 is 2.04 bits per heavy atom. The Kier molecular flexibility index (Phi) is 5.54. The highest BCUT2D eigenvalue weighted by Crippen LogP contribution is 2.20. The van der Waals surface area contributed by atoms with E-state index in [9.17, 15) is 14.9 Å². The van der Waals surface area contributed by atoms with E-state index in [0.29, 0.717) is 20.6 Å². The van der Waals surface area contributed by atoms with Gasteiger partial charge in [0.15, 0.2) is 5.78 Å². The number of carbonyl (C=O) groups excluding carboxylic acids is 1. The van der Waals surface area contributed by atoms with Crippen LogP contribution in [0.2, 0.25) is 0 Å². The Morgan fingerprint density at radius 3 is 2.61 bits per heavy atom. The van der Waals surface area contributed by atoms with Gasteiger partial charge >= 0.3 is 0 Å². The number of nitriles is 1. The Hall–Kier alpha value is -2.69. The van der Waals surface area contributed by atoms with Crippen molar-refractivity contribution >= 4 is 44.7 Å². The molecule has 3 rings (SSSR count). The first-order valence-corrected chi connectivity index (χ1v) is 10.1. The zero-order valence-electron chi connectivity index (χ0n) is 15.5. The fourth-order valence-electron chi connectivity index (χ4n) is 2.57. The average molecular weight is 457 g/mol. The van der Waals surface area contributed by atoms with Crippen LogP contribution in [-0.4, -0.2) is 10.4 Å². The molecule has 142 valence electrons. The third-order valence-corrected chi connectivity index (χ3v) is 5.53. The van der Waals surface area contributed by atoms with Gasteiger partial charge in [0.25, 0.3) is 5.56 Å². The summed E-state index contributed by atoms with van der Waals surface area (Å²) in [6.45, 7) is 5.24. The predicted octanol–water partition coefficient (Wildman–Crippen LogP) is 3.37. The number of halogens is 1. The maximum Gasteiger partial charge on any atom is 0.273 e. The second-order valence-electron chi connectivity index (χ2n) is 7.12. The first kappa shape index (κ1) is 20.1. The van der Waals surface area contributed by atoms with Crippen LogP contribution in [0.25, 0.3) is 17.3 Å². The minimum absolute atomic E-state index is 0.0336. The SMILES string of the molecule is CC(C)(C)C(=O)/C(C#N)=c1\s/c(=C/c2ccco2)c(=O)n1-c1cccc(Br)c1. The van der Waals surface area contributed by atoms with Crippen LogP contribution < -0.4 is 14.8 Å². The van der Waals surface area contributed by atoms with Crippen molar-refractivity contribution in [2.24, 2.45) is 5.41 Å². The molecule has 7 heteroatoms. The fourth-order valence-corrected chi connectivity index (χ4v) is 4.04. The summed E-state index contributed by atoms with van der Waals surface area (Å²) in [5.74, 6) is 0.205. The Balaban J connectivity index is 2.46. The van der Waals surface area contributed by atoms with E-state index in [1.165, 1.54) is 10.8 Å². The molecular weight excluding hydrogens is 440 g/mol. The number of thiazole rings is 1. The first-order valence-electron chi connectivity index (χ1n) is 8.44. The number of aromatic nitrogens is 1. The molecular formula is C21H17BrN2O3S. The molecule has 0 radical (unpaired) electrons. The van der Waals surface area contributed by atoms with Gasteiger partial charge in [-0.1, -0.05) is 42.8 Å². The lowest BCUT2D eigenvalue weighted by Crippen LogP contribution is -2.33. The van der Waals surface area contributed by atoms with Gasteiger partial charge in [-0.15, -0.1) is 11.3 Å². The molecule has 0 aliphatic heterocycles. The summed E-state index contributed by atoms with van der Waals surface area (Å²) in [5.41, 5.74) is -0.533. The molecule has 5 nitrogen and oxygen atoms in total. The standard InChI is InChI=1S/C21H17BrN2O3S/c1-21(2,3)18(25)16(12-23)20-24(14-7-4-6-13(22)10-14)19(26)17(28-20)11-15-8-5-9-27-15/h4-11H,1-3H3/b17-11+,20-16-. The molecule has 2 heterocycles. The van der Waals surface area contributed by atoms with Gasteiger partial charge < -0.3 is 4.42 Å². The lowest BCUT2D eigenvalue weighted by atomic mass is 9.87. The molecule has 0 bridgehead atoms. The number of furan rings is 1. The highest BCUT2D eigenvalue weighted by Gasteiger charge is 2.27. The quantitative estimate of drug-likeness (QED) is 0.605. The number of hydrogen-bond acceptors (Lipinski definition) is 5. The monoisotopic (exact) mass is 456 g/mol. The zero-order chi connectivity index (χ0) is 20.5. The van der Waals surface area contributed by atoms with Gasteiger partial charge in [0, 0.05) is 16.0 Å². The molecule has 0 aliphatic rings. The highest BCUT2D eigenvalue weighted by molar-refractivity contribution is 9.10. The second kappa shape index (κ2) is 7.74. The van der Waals surface area contributed by atoms with E-state index in [1.807, 2.05) is 12.1 Å². The smallest absolute Gasteiger partial charge is 0.273 e. The number of ketones is 1. The summed E-state index contributed by atoms with van der Waals surface area (Å²) in [5, 5.41) is 9.74. The van der Waals surface area contributed by atoms with Crippen molar-refractivity contribution in [1.82, 2.24) is 4.57 Å². The van der Waals surface area contributed by atoms with Crippen LogP contribution in [0, 0.1) is 16.7 Å². The van der Waals surface area contributed by atoms with Crippen molar-refractivity contribution in [3.05, 3.63) is 72.4 Å². The summed E-state index contributed by atoms with van der Waals surface area (Å²) in [7, 11) is 0. The number of hydrogen-bond donors (Lipinski definition) is 0. The third kappa shape index (κ3) is 3.93. The van der Waals surface area contributed by atoms with E-state index in [-0.39, 0.29) is 16.9 Å². The van der Waals surface area contributed by atoms with Crippen LogP contribution in [0.3, 0.4) is 0 Å². The molecule has 0 aliphatic carbocycles. The number of rotatable bonds is 3. The molecule has 0 saturated heterocycles. The molecule has 28 heavy (non-hydrogen) atoms. The molecule has 0 fully saturated rings.